The molecule has 0 atom stereocenters. The van der Waals surface area contributed by atoms with Crippen LogP contribution in [-0.4, -0.2) is 20.9 Å². The zero-order chi connectivity index (χ0) is 19.8. The van der Waals surface area contributed by atoms with Crippen molar-refractivity contribution >= 4 is 5.97 Å². The van der Waals surface area contributed by atoms with Crippen LogP contribution < -0.4 is 5.56 Å². The van der Waals surface area contributed by atoms with Gasteiger partial charge in [0.25, 0.3) is 5.56 Å². The predicted molar refractivity (Wildman–Crippen MR) is 106 cm³/mol. The summed E-state index contributed by atoms with van der Waals surface area (Å²) in [7, 11) is 0. The van der Waals surface area contributed by atoms with E-state index in [1.807, 2.05) is 30.3 Å². The van der Waals surface area contributed by atoms with Crippen molar-refractivity contribution in [1.29, 1.82) is 0 Å². The Bertz CT molecular complexity index is 1040. The van der Waals surface area contributed by atoms with Gasteiger partial charge in [0.05, 0.1) is 11.3 Å². The van der Waals surface area contributed by atoms with E-state index in [4.69, 9.17) is 0 Å². The largest absolute Gasteiger partial charge is 0.476 e. The highest BCUT2D eigenvalue weighted by atomic mass is 16.4. The number of carboxylic acids is 1. The van der Waals surface area contributed by atoms with Crippen molar-refractivity contribution in [2.45, 2.75) is 33.1 Å². The fourth-order valence-corrected chi connectivity index (χ4v) is 3.03. The Morgan fingerprint density at radius 2 is 1.59 bits per heavy atom. The molecule has 0 saturated heterocycles. The lowest BCUT2D eigenvalue weighted by Crippen LogP contribution is -2.27. The summed E-state index contributed by atoms with van der Waals surface area (Å²) in [6, 6.07) is 16.5. The number of carboxylic acid groups (broad SMARTS) is 1. The minimum Gasteiger partial charge on any atom is -0.476 e. The number of carbonyl (C=O) groups is 1. The minimum absolute atomic E-state index is 0.0116. The lowest BCUT2D eigenvalue weighted by molar-refractivity contribution is 0.0687. The van der Waals surface area contributed by atoms with E-state index in [1.165, 1.54) is 0 Å². The highest BCUT2D eigenvalue weighted by molar-refractivity contribution is 5.89. The van der Waals surface area contributed by atoms with Crippen LogP contribution in [0.25, 0.3) is 16.8 Å². The average Bonchev–Trinajstić information content (AvgIpc) is 2.62. The molecule has 2 aromatic carbocycles. The van der Waals surface area contributed by atoms with Crippen LogP contribution in [0.2, 0.25) is 0 Å². The zero-order valence-corrected chi connectivity index (χ0v) is 15.9. The lowest BCUT2D eigenvalue weighted by Gasteiger charge is -2.19. The van der Waals surface area contributed by atoms with Gasteiger partial charge in [0, 0.05) is 0 Å². The summed E-state index contributed by atoms with van der Waals surface area (Å²) in [5.74, 6) is -1.16. The molecule has 0 aliphatic rings. The monoisotopic (exact) mass is 362 g/mol. The van der Waals surface area contributed by atoms with Gasteiger partial charge in [0.1, 0.15) is 0 Å². The predicted octanol–water partition coefficient (Wildman–Crippen LogP) is 4.20. The van der Waals surface area contributed by atoms with Gasteiger partial charge in [-0.2, -0.15) is 9.78 Å². The first-order valence-electron chi connectivity index (χ1n) is 8.73. The van der Waals surface area contributed by atoms with Crippen molar-refractivity contribution < 1.29 is 9.90 Å². The lowest BCUT2D eigenvalue weighted by atomic mass is 9.86. The van der Waals surface area contributed by atoms with E-state index in [0.717, 1.165) is 10.2 Å². The molecule has 0 fully saturated rings. The SMILES string of the molecule is Cc1c(C(=O)O)nn(-c2ccccc2)c(=O)c1-c1ccc(C(C)(C)C)cc1. The van der Waals surface area contributed by atoms with Crippen LogP contribution in [0, 0.1) is 6.92 Å². The summed E-state index contributed by atoms with van der Waals surface area (Å²) in [4.78, 5) is 24.9. The molecule has 3 aromatic rings. The second-order valence-electron chi connectivity index (χ2n) is 7.53. The first-order valence-corrected chi connectivity index (χ1v) is 8.73. The third-order valence-corrected chi connectivity index (χ3v) is 4.58. The summed E-state index contributed by atoms with van der Waals surface area (Å²) in [6.45, 7) is 7.97. The Balaban J connectivity index is 2.28. The first kappa shape index (κ1) is 18.6. The molecular formula is C22H22N2O3. The van der Waals surface area contributed by atoms with Gasteiger partial charge in [0.15, 0.2) is 5.69 Å². The second kappa shape index (κ2) is 6.83. The summed E-state index contributed by atoms with van der Waals surface area (Å²) in [5, 5.41) is 13.7. The third kappa shape index (κ3) is 3.53. The van der Waals surface area contributed by atoms with Crippen LogP contribution in [-0.2, 0) is 5.41 Å². The number of para-hydroxylation sites is 1. The van der Waals surface area contributed by atoms with Gasteiger partial charge in [-0.05, 0) is 41.2 Å². The van der Waals surface area contributed by atoms with E-state index in [-0.39, 0.29) is 16.7 Å². The van der Waals surface area contributed by atoms with Crippen LogP contribution in [0.4, 0.5) is 0 Å². The Morgan fingerprint density at radius 1 is 1.00 bits per heavy atom. The number of aromatic nitrogens is 2. The number of nitrogens with zero attached hydrogens (tertiary/aromatic N) is 2. The Hall–Kier alpha value is -3.21. The number of benzene rings is 2. The fourth-order valence-electron chi connectivity index (χ4n) is 3.03. The molecule has 3 rings (SSSR count). The molecule has 0 amide bonds. The molecule has 0 saturated carbocycles. The summed E-state index contributed by atoms with van der Waals surface area (Å²) >= 11 is 0. The Labute approximate surface area is 157 Å². The van der Waals surface area contributed by atoms with Crippen molar-refractivity contribution in [1.82, 2.24) is 9.78 Å². The standard InChI is InChI=1S/C22H22N2O3/c1-14-18(15-10-12-16(13-11-15)22(2,3)4)20(25)24(23-19(14)21(26)27)17-8-6-5-7-9-17/h5-13H,1-4H3,(H,26,27). The van der Waals surface area contributed by atoms with Gasteiger partial charge < -0.3 is 5.11 Å². The van der Waals surface area contributed by atoms with E-state index in [2.05, 4.69) is 25.9 Å². The van der Waals surface area contributed by atoms with Crippen molar-refractivity contribution in [3.63, 3.8) is 0 Å². The maximum Gasteiger partial charge on any atom is 0.356 e. The van der Waals surface area contributed by atoms with E-state index in [0.29, 0.717) is 22.4 Å². The Kier molecular flexibility index (Phi) is 4.70. The van der Waals surface area contributed by atoms with Crippen molar-refractivity contribution in [2.24, 2.45) is 0 Å². The molecule has 0 bridgehead atoms. The molecule has 0 radical (unpaired) electrons. The molecule has 5 heteroatoms. The van der Waals surface area contributed by atoms with E-state index in [1.54, 1.807) is 31.2 Å². The normalized spacial score (nSPS) is 11.4. The van der Waals surface area contributed by atoms with E-state index < -0.39 is 5.97 Å². The van der Waals surface area contributed by atoms with Gasteiger partial charge >= 0.3 is 5.97 Å². The molecule has 1 N–H and O–H groups in total. The van der Waals surface area contributed by atoms with Crippen LogP contribution in [0.1, 0.15) is 42.4 Å². The Morgan fingerprint density at radius 3 is 2.11 bits per heavy atom. The highest BCUT2D eigenvalue weighted by Gasteiger charge is 2.21. The van der Waals surface area contributed by atoms with E-state index in [9.17, 15) is 14.7 Å². The van der Waals surface area contributed by atoms with Crippen LogP contribution >= 0.6 is 0 Å². The molecule has 0 unspecified atom stereocenters. The molecule has 1 aromatic heterocycles. The number of hydrogen-bond donors (Lipinski definition) is 1. The van der Waals surface area contributed by atoms with Gasteiger partial charge in [-0.1, -0.05) is 63.2 Å². The zero-order valence-electron chi connectivity index (χ0n) is 15.9. The quantitative estimate of drug-likeness (QED) is 0.758. The third-order valence-electron chi connectivity index (χ3n) is 4.58. The number of rotatable bonds is 3. The first-order chi connectivity index (χ1) is 12.7. The summed E-state index contributed by atoms with van der Waals surface area (Å²) < 4.78 is 1.16. The van der Waals surface area contributed by atoms with Gasteiger partial charge in [-0.3, -0.25) is 4.79 Å². The summed E-state index contributed by atoms with van der Waals surface area (Å²) in [5.41, 5.74) is 2.58. The van der Waals surface area contributed by atoms with Crippen molar-refractivity contribution in [3.05, 3.63) is 81.8 Å². The van der Waals surface area contributed by atoms with E-state index >= 15 is 0 Å². The molecule has 27 heavy (non-hydrogen) atoms. The maximum absolute atomic E-state index is 13.2. The molecule has 0 spiro atoms. The number of hydrogen-bond acceptors (Lipinski definition) is 3. The van der Waals surface area contributed by atoms with Crippen LogP contribution in [0.5, 0.6) is 0 Å². The van der Waals surface area contributed by atoms with Crippen molar-refractivity contribution in [3.8, 4) is 16.8 Å². The van der Waals surface area contributed by atoms with Gasteiger partial charge in [-0.25, -0.2) is 4.79 Å². The van der Waals surface area contributed by atoms with Gasteiger partial charge in [-0.15, -0.1) is 0 Å². The smallest absolute Gasteiger partial charge is 0.356 e. The summed E-state index contributed by atoms with van der Waals surface area (Å²) in [6.07, 6.45) is 0. The second-order valence-corrected chi connectivity index (χ2v) is 7.53. The molecule has 0 aliphatic heterocycles. The molecule has 0 aliphatic carbocycles. The van der Waals surface area contributed by atoms with Gasteiger partial charge in [0.2, 0.25) is 0 Å². The number of aromatic carboxylic acids is 1. The fraction of sp³-hybridized carbons (Fsp3) is 0.227. The van der Waals surface area contributed by atoms with Crippen molar-refractivity contribution in [2.75, 3.05) is 0 Å². The highest BCUT2D eigenvalue weighted by Crippen LogP contribution is 2.27. The molecule has 138 valence electrons. The van der Waals surface area contributed by atoms with Crippen LogP contribution in [0.15, 0.2) is 59.4 Å². The topological polar surface area (TPSA) is 72.2 Å². The average molecular weight is 362 g/mol. The van der Waals surface area contributed by atoms with Crippen LogP contribution in [0.3, 0.4) is 0 Å². The molecule has 1 heterocycles. The molecular weight excluding hydrogens is 340 g/mol. The minimum atomic E-state index is -1.16. The molecule has 5 nitrogen and oxygen atoms in total. The maximum atomic E-state index is 13.2.